The number of benzene rings is 2. The highest BCUT2D eigenvalue weighted by atomic mass is 16.6. The third kappa shape index (κ3) is 5.16. The van der Waals surface area contributed by atoms with Crippen LogP contribution in [0.3, 0.4) is 0 Å². The van der Waals surface area contributed by atoms with Crippen molar-refractivity contribution in [2.75, 3.05) is 19.0 Å². The van der Waals surface area contributed by atoms with E-state index in [9.17, 15) is 29.3 Å². The lowest BCUT2D eigenvalue weighted by Crippen LogP contribution is -2.40. The number of ether oxygens (including phenoxy) is 2. The lowest BCUT2D eigenvalue weighted by molar-refractivity contribution is -0.384. The van der Waals surface area contributed by atoms with Crippen molar-refractivity contribution in [1.29, 1.82) is 0 Å². The first-order valence-corrected chi connectivity index (χ1v) is 10.3. The molecule has 14 heteroatoms. The molecule has 0 aliphatic heterocycles. The molecule has 0 aliphatic carbocycles. The van der Waals surface area contributed by atoms with E-state index in [-0.39, 0.29) is 34.8 Å². The predicted octanol–water partition coefficient (Wildman–Crippen LogP) is 1.01. The molecule has 0 bridgehead atoms. The number of anilines is 1. The SMILES string of the molecule is CCOc1ccccc1NC(=O)C(=O)[C@H](/C(=N/N)C(=O)OC)c1nc2ccc([N+](=O)[O-])cc2[nH]c1=O. The molecular formula is C22H20N6O8. The number of amides is 1. The minimum Gasteiger partial charge on any atom is -0.492 e. The number of nitro groups is 1. The minimum atomic E-state index is -1.95. The van der Waals surface area contributed by atoms with Crippen molar-refractivity contribution < 1.29 is 28.8 Å². The van der Waals surface area contributed by atoms with Crippen LogP contribution in [0.2, 0.25) is 0 Å². The van der Waals surface area contributed by atoms with E-state index < -0.39 is 45.5 Å². The first kappa shape index (κ1) is 25.5. The molecule has 1 heterocycles. The molecule has 36 heavy (non-hydrogen) atoms. The number of nitrogens with two attached hydrogens (primary N) is 1. The first-order valence-electron chi connectivity index (χ1n) is 10.3. The molecule has 0 fully saturated rings. The molecule has 0 unspecified atom stereocenters. The van der Waals surface area contributed by atoms with Crippen molar-refractivity contribution >= 4 is 45.8 Å². The smallest absolute Gasteiger partial charge is 0.355 e. The van der Waals surface area contributed by atoms with Gasteiger partial charge in [-0.1, -0.05) is 12.1 Å². The van der Waals surface area contributed by atoms with Gasteiger partial charge in [-0.15, -0.1) is 0 Å². The summed E-state index contributed by atoms with van der Waals surface area (Å²) in [6.45, 7) is 2.01. The van der Waals surface area contributed by atoms with Crippen molar-refractivity contribution in [2.45, 2.75) is 12.8 Å². The van der Waals surface area contributed by atoms with Crippen LogP contribution in [-0.4, -0.2) is 52.0 Å². The quantitative estimate of drug-likeness (QED) is 0.0955. The number of carbonyl (C=O) groups is 3. The van der Waals surface area contributed by atoms with Crippen LogP contribution in [-0.2, 0) is 19.1 Å². The number of nitrogens with one attached hydrogen (secondary N) is 2. The predicted molar refractivity (Wildman–Crippen MR) is 127 cm³/mol. The minimum absolute atomic E-state index is 0.0106. The molecule has 3 rings (SSSR count). The van der Waals surface area contributed by atoms with Gasteiger partial charge in [0, 0.05) is 12.1 Å². The number of hydrogen-bond acceptors (Lipinski definition) is 11. The lowest BCUT2D eigenvalue weighted by atomic mass is 9.93. The van der Waals surface area contributed by atoms with E-state index in [2.05, 4.69) is 25.1 Å². The topological polar surface area (TPSA) is 209 Å². The Morgan fingerprint density at radius 3 is 2.61 bits per heavy atom. The number of methoxy groups -OCH3 is 1. The molecule has 1 amide bonds. The number of para-hydroxylation sites is 2. The Bertz CT molecular complexity index is 1450. The molecule has 14 nitrogen and oxygen atoms in total. The zero-order valence-corrected chi connectivity index (χ0v) is 19.0. The number of hydrogen-bond donors (Lipinski definition) is 3. The number of H-pyrrole nitrogens is 1. The van der Waals surface area contributed by atoms with Crippen molar-refractivity contribution in [3.05, 3.63) is 68.6 Å². The molecule has 1 aromatic heterocycles. The summed E-state index contributed by atoms with van der Waals surface area (Å²) in [6, 6.07) is 9.73. The highest BCUT2D eigenvalue weighted by molar-refractivity contribution is 6.53. The van der Waals surface area contributed by atoms with E-state index in [1.807, 2.05) is 0 Å². The normalized spacial score (nSPS) is 12.0. The molecule has 3 aromatic rings. The van der Waals surface area contributed by atoms with Crippen LogP contribution in [0, 0.1) is 10.1 Å². The summed E-state index contributed by atoms with van der Waals surface area (Å²) in [5.74, 6) is -0.0423. The van der Waals surface area contributed by atoms with Crippen LogP contribution in [0.15, 0.2) is 52.4 Å². The molecule has 186 valence electrons. The maximum Gasteiger partial charge on any atom is 0.355 e. The van der Waals surface area contributed by atoms with Crippen LogP contribution in [0.1, 0.15) is 18.5 Å². The summed E-state index contributed by atoms with van der Waals surface area (Å²) in [5, 5.41) is 16.7. The Labute approximate surface area is 202 Å². The van der Waals surface area contributed by atoms with Crippen LogP contribution in [0.25, 0.3) is 11.0 Å². The number of Topliss-reactive ketones (excluding diaryl/α,β-unsaturated/α-hetero) is 1. The number of fused-ring (bicyclic) bond motifs is 1. The van der Waals surface area contributed by atoms with Gasteiger partial charge in [-0.2, -0.15) is 5.10 Å². The van der Waals surface area contributed by atoms with E-state index in [0.717, 1.165) is 19.2 Å². The van der Waals surface area contributed by atoms with Gasteiger partial charge in [-0.3, -0.25) is 24.5 Å². The Kier molecular flexibility index (Phi) is 7.69. The van der Waals surface area contributed by atoms with Crippen LogP contribution in [0.4, 0.5) is 11.4 Å². The fourth-order valence-corrected chi connectivity index (χ4v) is 3.29. The molecule has 0 radical (unpaired) electrons. The number of aromatic nitrogens is 2. The van der Waals surface area contributed by atoms with E-state index in [1.54, 1.807) is 25.1 Å². The number of carbonyl (C=O) groups excluding carboxylic acids is 3. The Hall–Kier alpha value is -5.14. The molecule has 0 spiro atoms. The van der Waals surface area contributed by atoms with E-state index in [0.29, 0.717) is 0 Å². The third-order valence-corrected chi connectivity index (χ3v) is 4.91. The Balaban J connectivity index is 2.11. The zero-order chi connectivity index (χ0) is 26.4. The summed E-state index contributed by atoms with van der Waals surface area (Å²) >= 11 is 0. The van der Waals surface area contributed by atoms with Crippen molar-refractivity contribution in [1.82, 2.24) is 9.97 Å². The maximum atomic E-state index is 13.3. The van der Waals surface area contributed by atoms with Gasteiger partial charge >= 0.3 is 5.97 Å². The average Bonchev–Trinajstić information content (AvgIpc) is 2.87. The van der Waals surface area contributed by atoms with E-state index >= 15 is 0 Å². The number of rotatable bonds is 9. The second-order valence-corrected chi connectivity index (χ2v) is 7.10. The monoisotopic (exact) mass is 496 g/mol. The van der Waals surface area contributed by atoms with Gasteiger partial charge in [-0.05, 0) is 25.1 Å². The number of aromatic amines is 1. The number of nitrogens with zero attached hydrogens (tertiary/aromatic N) is 3. The molecule has 2 aromatic carbocycles. The van der Waals surface area contributed by atoms with Gasteiger partial charge in [-0.25, -0.2) is 9.78 Å². The number of nitro benzene ring substituents is 1. The van der Waals surface area contributed by atoms with Crippen LogP contribution in [0.5, 0.6) is 5.75 Å². The summed E-state index contributed by atoms with van der Waals surface area (Å²) < 4.78 is 10.0. The van der Waals surface area contributed by atoms with E-state index in [1.165, 1.54) is 12.1 Å². The summed E-state index contributed by atoms with van der Waals surface area (Å²) in [7, 11) is 0.991. The summed E-state index contributed by atoms with van der Waals surface area (Å²) in [6.07, 6.45) is 0. The Morgan fingerprint density at radius 1 is 1.25 bits per heavy atom. The highest BCUT2D eigenvalue weighted by Gasteiger charge is 2.39. The molecule has 0 saturated carbocycles. The first-order chi connectivity index (χ1) is 17.2. The summed E-state index contributed by atoms with van der Waals surface area (Å²) in [4.78, 5) is 68.2. The molecule has 0 saturated heterocycles. The van der Waals surface area contributed by atoms with E-state index in [4.69, 9.17) is 10.6 Å². The van der Waals surface area contributed by atoms with Crippen LogP contribution < -0.4 is 21.5 Å². The van der Waals surface area contributed by atoms with Gasteiger partial charge in [0.1, 0.15) is 17.4 Å². The van der Waals surface area contributed by atoms with Gasteiger partial charge in [0.2, 0.25) is 5.78 Å². The third-order valence-electron chi connectivity index (χ3n) is 4.91. The Morgan fingerprint density at radius 2 is 1.97 bits per heavy atom. The molecular weight excluding hydrogens is 476 g/mol. The molecule has 0 aliphatic rings. The van der Waals surface area contributed by atoms with Gasteiger partial charge in [0.05, 0.1) is 35.4 Å². The van der Waals surface area contributed by atoms with Gasteiger partial charge in [0.25, 0.3) is 17.2 Å². The van der Waals surface area contributed by atoms with Crippen molar-refractivity contribution in [2.24, 2.45) is 10.9 Å². The molecule has 1 atom stereocenters. The zero-order valence-electron chi connectivity index (χ0n) is 19.0. The summed E-state index contributed by atoms with van der Waals surface area (Å²) in [5.41, 5.74) is -2.48. The van der Waals surface area contributed by atoms with Gasteiger partial charge in [0.15, 0.2) is 5.71 Å². The van der Waals surface area contributed by atoms with Crippen molar-refractivity contribution in [3.8, 4) is 5.75 Å². The van der Waals surface area contributed by atoms with Crippen LogP contribution >= 0.6 is 0 Å². The lowest BCUT2D eigenvalue weighted by Gasteiger charge is -2.16. The number of hydrazone groups is 1. The standard InChI is InChI=1S/C22H20N6O8/c1-3-36-15-7-5-4-6-13(15)25-21(31)19(29)16(18(27-23)22(32)35-2)17-20(30)26-14-10-11(28(33)34)8-9-12(14)24-17/h4-10,16H,3,23H2,1-2H3,(H,25,31)(H,26,30)/b27-18-/t16-/m0/s1. The second kappa shape index (κ2) is 10.9. The largest absolute Gasteiger partial charge is 0.492 e. The number of esters is 1. The average molecular weight is 496 g/mol. The maximum absolute atomic E-state index is 13.3. The second-order valence-electron chi connectivity index (χ2n) is 7.10. The number of non-ortho nitro benzene ring substituents is 1. The number of ketones is 1. The van der Waals surface area contributed by atoms with Gasteiger partial charge < -0.3 is 25.6 Å². The van der Waals surface area contributed by atoms with Crippen molar-refractivity contribution in [3.63, 3.8) is 0 Å². The fourth-order valence-electron chi connectivity index (χ4n) is 3.29. The molecule has 4 N–H and O–H groups in total. The fraction of sp³-hybridized carbons (Fsp3) is 0.182. The highest BCUT2D eigenvalue weighted by Crippen LogP contribution is 2.25.